The van der Waals surface area contributed by atoms with Crippen molar-refractivity contribution in [1.29, 1.82) is 0 Å². The van der Waals surface area contributed by atoms with Crippen LogP contribution in [-0.4, -0.2) is 117 Å². The van der Waals surface area contributed by atoms with E-state index in [0.717, 1.165) is 22.3 Å². The number of benzene rings is 2. The van der Waals surface area contributed by atoms with Crippen LogP contribution < -0.4 is 5.32 Å². The van der Waals surface area contributed by atoms with E-state index in [2.05, 4.69) is 25.9 Å². The van der Waals surface area contributed by atoms with Gasteiger partial charge in [0.1, 0.15) is 6.04 Å². The van der Waals surface area contributed by atoms with E-state index in [1.807, 2.05) is 43.3 Å². The van der Waals surface area contributed by atoms with E-state index < -0.39 is 17.4 Å². The van der Waals surface area contributed by atoms with Crippen LogP contribution >= 0.6 is 0 Å². The van der Waals surface area contributed by atoms with Crippen molar-refractivity contribution in [2.24, 2.45) is 0 Å². The van der Waals surface area contributed by atoms with Crippen LogP contribution in [0.5, 0.6) is 0 Å². The molecule has 3 aromatic rings. The molecule has 0 radical (unpaired) electrons. The molecule has 0 saturated carbocycles. The van der Waals surface area contributed by atoms with Crippen LogP contribution in [0.2, 0.25) is 0 Å². The number of aryl methyl sites for hydroxylation is 2. The Morgan fingerprint density at radius 1 is 1.00 bits per heavy atom. The van der Waals surface area contributed by atoms with Gasteiger partial charge in [-0.05, 0) is 85.5 Å². The van der Waals surface area contributed by atoms with Crippen LogP contribution in [-0.2, 0) is 27.8 Å². The SMILES string of the molecule is C[C@@H](CC1(c2nn[nH]n2)c2ccc(C(=O)N(C)C)cc2CCc2cc(C(=O)N(C)C)ccc21)NCC(=O)N1CCC[C@H]1C(=O)O. The zero-order chi connectivity index (χ0) is 32.5. The summed E-state index contributed by atoms with van der Waals surface area (Å²) in [4.78, 5) is 55.2. The fourth-order valence-electron chi connectivity index (χ4n) is 6.74. The minimum atomic E-state index is -0.990. The minimum Gasteiger partial charge on any atom is -0.480 e. The molecule has 1 aliphatic heterocycles. The molecule has 0 unspecified atom stereocenters. The summed E-state index contributed by atoms with van der Waals surface area (Å²) >= 11 is 0. The number of nitrogens with zero attached hydrogens (tertiary/aromatic N) is 6. The Bertz CT molecular complexity index is 1530. The van der Waals surface area contributed by atoms with Gasteiger partial charge in [-0.25, -0.2) is 4.79 Å². The van der Waals surface area contributed by atoms with Gasteiger partial charge in [-0.1, -0.05) is 17.3 Å². The third-order valence-electron chi connectivity index (χ3n) is 8.90. The second-order valence-corrected chi connectivity index (χ2v) is 12.4. The largest absolute Gasteiger partial charge is 0.480 e. The third-order valence-corrected chi connectivity index (χ3v) is 8.90. The first-order valence-corrected chi connectivity index (χ1v) is 15.1. The monoisotopic (exact) mass is 616 g/mol. The van der Waals surface area contributed by atoms with Crippen LogP contribution in [0.3, 0.4) is 0 Å². The Morgan fingerprint density at radius 3 is 2.07 bits per heavy atom. The molecule has 0 bridgehead atoms. The molecule has 3 N–H and O–H groups in total. The molecule has 1 aromatic heterocycles. The van der Waals surface area contributed by atoms with Gasteiger partial charge in [-0.3, -0.25) is 14.4 Å². The van der Waals surface area contributed by atoms with Crippen molar-refractivity contribution in [3.8, 4) is 0 Å². The van der Waals surface area contributed by atoms with Crippen molar-refractivity contribution >= 4 is 23.7 Å². The molecule has 2 aliphatic rings. The van der Waals surface area contributed by atoms with Gasteiger partial charge in [0.25, 0.3) is 11.8 Å². The number of rotatable bonds is 9. The fourth-order valence-corrected chi connectivity index (χ4v) is 6.74. The highest BCUT2D eigenvalue weighted by molar-refractivity contribution is 5.95. The second-order valence-electron chi connectivity index (χ2n) is 12.4. The van der Waals surface area contributed by atoms with Crippen LogP contribution in [0.15, 0.2) is 36.4 Å². The number of aliphatic carboxylic acids is 1. The molecule has 45 heavy (non-hydrogen) atoms. The Labute approximate surface area is 262 Å². The van der Waals surface area contributed by atoms with E-state index in [1.54, 1.807) is 28.2 Å². The molecular formula is C32H40N8O5. The molecule has 2 heterocycles. The number of nitrogens with one attached hydrogen (secondary N) is 2. The molecule has 3 amide bonds. The van der Waals surface area contributed by atoms with Crippen LogP contribution in [0, 0.1) is 0 Å². The summed E-state index contributed by atoms with van der Waals surface area (Å²) in [6, 6.07) is 10.3. The van der Waals surface area contributed by atoms with Gasteiger partial charge in [0.2, 0.25) is 5.91 Å². The Morgan fingerprint density at radius 2 is 1.58 bits per heavy atom. The van der Waals surface area contributed by atoms with Crippen LogP contribution in [0.4, 0.5) is 0 Å². The molecular weight excluding hydrogens is 576 g/mol. The maximum Gasteiger partial charge on any atom is 0.326 e. The summed E-state index contributed by atoms with van der Waals surface area (Å²) < 4.78 is 0. The number of H-pyrrole nitrogens is 1. The number of likely N-dealkylation sites (tertiary alicyclic amines) is 1. The summed E-state index contributed by atoms with van der Waals surface area (Å²) in [6.07, 6.45) is 2.74. The van der Waals surface area contributed by atoms with Gasteiger partial charge in [0.05, 0.1) is 12.0 Å². The van der Waals surface area contributed by atoms with Gasteiger partial charge >= 0.3 is 5.97 Å². The standard InChI is InChI=1S/C32H40N8O5/c1-19(33-18-27(41)40-14-6-7-26(40)30(44)45)17-32(31-34-36-37-35-31)24-12-10-22(28(42)38(2)3)15-20(24)8-9-21-16-23(11-13-25(21)32)29(43)39(4)5/h10-13,15-16,19,26,33H,6-9,14,17-18H2,1-5H3,(H,44,45)(H,34,35,36,37)/t19-,26-/m0/s1. The number of carbonyl (C=O) groups is 4. The number of carbonyl (C=O) groups excluding carboxylic acids is 3. The predicted octanol–water partition coefficient (Wildman–Crippen LogP) is 1.48. The van der Waals surface area contributed by atoms with Crippen molar-refractivity contribution in [2.45, 2.75) is 56.5 Å². The smallest absolute Gasteiger partial charge is 0.326 e. The third kappa shape index (κ3) is 6.04. The summed E-state index contributed by atoms with van der Waals surface area (Å²) in [6.45, 7) is 2.35. The van der Waals surface area contributed by atoms with E-state index in [-0.39, 0.29) is 30.3 Å². The van der Waals surface area contributed by atoms with Crippen LogP contribution in [0.1, 0.15) is 75.0 Å². The molecule has 238 valence electrons. The molecule has 13 heteroatoms. The molecule has 5 rings (SSSR count). The molecule has 1 saturated heterocycles. The lowest BCUT2D eigenvalue weighted by atomic mass is 9.67. The Kier molecular flexibility index (Phi) is 9.01. The number of amides is 3. The number of aromatic nitrogens is 4. The Hall–Kier alpha value is -4.65. The highest BCUT2D eigenvalue weighted by Gasteiger charge is 2.46. The first-order valence-electron chi connectivity index (χ1n) is 15.1. The number of hydrogen-bond donors (Lipinski definition) is 3. The van der Waals surface area contributed by atoms with Gasteiger partial charge in [0, 0.05) is 51.9 Å². The maximum atomic E-state index is 13.1. The molecule has 2 atom stereocenters. The van der Waals surface area contributed by atoms with E-state index >= 15 is 0 Å². The van der Waals surface area contributed by atoms with Crippen molar-refractivity contribution in [1.82, 2.24) is 40.6 Å². The van der Waals surface area contributed by atoms with Gasteiger partial charge in [-0.15, -0.1) is 10.2 Å². The number of aromatic amines is 1. The summed E-state index contributed by atoms with van der Waals surface area (Å²) in [7, 11) is 6.86. The number of fused-ring (bicyclic) bond motifs is 2. The molecule has 1 fully saturated rings. The zero-order valence-electron chi connectivity index (χ0n) is 26.3. The lowest BCUT2D eigenvalue weighted by Crippen LogP contribution is -2.47. The van der Waals surface area contributed by atoms with Gasteiger partial charge in [-0.2, -0.15) is 5.21 Å². The second kappa shape index (κ2) is 12.8. The highest BCUT2D eigenvalue weighted by atomic mass is 16.4. The van der Waals surface area contributed by atoms with Gasteiger partial charge in [0.15, 0.2) is 5.82 Å². The van der Waals surface area contributed by atoms with Gasteiger partial charge < -0.3 is 25.1 Å². The number of carboxylic acids is 1. The topological polar surface area (TPSA) is 165 Å². The molecule has 13 nitrogen and oxygen atoms in total. The lowest BCUT2D eigenvalue weighted by molar-refractivity contribution is -0.147. The summed E-state index contributed by atoms with van der Waals surface area (Å²) in [5.74, 6) is -1.05. The first-order chi connectivity index (χ1) is 21.4. The van der Waals surface area contributed by atoms with Crippen molar-refractivity contribution in [2.75, 3.05) is 41.3 Å². The average molecular weight is 617 g/mol. The quantitative estimate of drug-likeness (QED) is 0.323. The van der Waals surface area contributed by atoms with Crippen molar-refractivity contribution in [3.63, 3.8) is 0 Å². The Balaban J connectivity index is 1.59. The summed E-state index contributed by atoms with van der Waals surface area (Å²) in [5, 5.41) is 28.4. The first kappa shape index (κ1) is 31.8. The molecule has 0 spiro atoms. The normalized spacial score (nSPS) is 17.5. The van der Waals surface area contributed by atoms with Crippen molar-refractivity contribution < 1.29 is 24.3 Å². The van der Waals surface area contributed by atoms with E-state index in [1.165, 1.54) is 14.7 Å². The van der Waals surface area contributed by atoms with Crippen molar-refractivity contribution in [3.05, 3.63) is 75.6 Å². The lowest BCUT2D eigenvalue weighted by Gasteiger charge is -2.36. The number of tetrazole rings is 1. The predicted molar refractivity (Wildman–Crippen MR) is 165 cm³/mol. The van der Waals surface area contributed by atoms with E-state index in [9.17, 15) is 24.3 Å². The van der Waals surface area contributed by atoms with E-state index in [4.69, 9.17) is 0 Å². The zero-order valence-corrected chi connectivity index (χ0v) is 26.3. The number of carboxylic acid groups (broad SMARTS) is 1. The molecule has 2 aromatic carbocycles. The maximum absolute atomic E-state index is 13.1. The highest BCUT2D eigenvalue weighted by Crippen LogP contribution is 2.47. The summed E-state index contributed by atoms with van der Waals surface area (Å²) in [5.41, 5.74) is 3.89. The minimum absolute atomic E-state index is 0.0282. The average Bonchev–Trinajstić information content (AvgIpc) is 3.72. The molecule has 1 aliphatic carbocycles. The number of hydrogen-bond acceptors (Lipinski definition) is 8. The van der Waals surface area contributed by atoms with E-state index in [0.29, 0.717) is 55.6 Å². The van der Waals surface area contributed by atoms with Crippen LogP contribution in [0.25, 0.3) is 0 Å². The fraction of sp³-hybridized carbons (Fsp3) is 0.469.